The maximum atomic E-state index is 14.0. The molecule has 5 rings (SSSR count). The summed E-state index contributed by atoms with van der Waals surface area (Å²) in [6.45, 7) is 0.172. The van der Waals surface area contributed by atoms with Crippen LogP contribution in [0.5, 0.6) is 11.5 Å². The molecule has 3 aromatic rings. The number of hydrogen-bond acceptors (Lipinski definition) is 5. The average molecular weight is 500 g/mol. The van der Waals surface area contributed by atoms with Crippen molar-refractivity contribution in [3.05, 3.63) is 95.6 Å². The van der Waals surface area contributed by atoms with Crippen LogP contribution >= 0.6 is 0 Å². The summed E-state index contributed by atoms with van der Waals surface area (Å²) in [5, 5.41) is 2.90. The molecule has 190 valence electrons. The molecular weight excluding hydrogens is 470 g/mol. The number of urea groups is 1. The van der Waals surface area contributed by atoms with Gasteiger partial charge in [-0.2, -0.15) is 0 Å². The van der Waals surface area contributed by atoms with E-state index in [0.717, 1.165) is 23.3 Å². The summed E-state index contributed by atoms with van der Waals surface area (Å²) >= 11 is 0. The highest BCUT2D eigenvalue weighted by atomic mass is 16.5. The molecule has 2 aliphatic rings. The van der Waals surface area contributed by atoms with E-state index < -0.39 is 17.5 Å². The quantitative estimate of drug-likeness (QED) is 0.499. The lowest BCUT2D eigenvalue weighted by Crippen LogP contribution is -2.46. The monoisotopic (exact) mass is 499 g/mol. The highest BCUT2D eigenvalue weighted by Gasteiger charge is 2.54. The SMILES string of the molecule is COc1ccc(OC)c([C@H]2CCCN2C(=O)CN2C(=O)NC(c3ccccc3)(c3ccccc3)C2=O)c1. The van der Waals surface area contributed by atoms with Gasteiger partial charge in [0.15, 0.2) is 5.54 Å². The van der Waals surface area contributed by atoms with E-state index in [4.69, 9.17) is 9.47 Å². The van der Waals surface area contributed by atoms with Gasteiger partial charge in [0.1, 0.15) is 18.0 Å². The number of nitrogens with one attached hydrogen (secondary N) is 1. The van der Waals surface area contributed by atoms with Gasteiger partial charge in [-0.1, -0.05) is 60.7 Å². The molecule has 0 saturated carbocycles. The van der Waals surface area contributed by atoms with Crippen molar-refractivity contribution in [1.29, 1.82) is 0 Å². The van der Waals surface area contributed by atoms with Crippen LogP contribution in [0.25, 0.3) is 0 Å². The lowest BCUT2D eigenvalue weighted by Gasteiger charge is -2.29. The van der Waals surface area contributed by atoms with Crippen LogP contribution in [0, 0.1) is 0 Å². The Bertz CT molecular complexity index is 1270. The van der Waals surface area contributed by atoms with E-state index in [9.17, 15) is 14.4 Å². The fourth-order valence-corrected chi connectivity index (χ4v) is 5.37. The van der Waals surface area contributed by atoms with Crippen LogP contribution in [-0.4, -0.2) is 55.0 Å². The number of amides is 4. The van der Waals surface area contributed by atoms with Crippen LogP contribution in [-0.2, 0) is 15.1 Å². The molecule has 4 amide bonds. The van der Waals surface area contributed by atoms with Gasteiger partial charge in [0.05, 0.1) is 20.3 Å². The predicted octanol–water partition coefficient (Wildman–Crippen LogP) is 3.86. The number of rotatable bonds is 7. The second kappa shape index (κ2) is 9.97. The smallest absolute Gasteiger partial charge is 0.326 e. The molecule has 8 heteroatoms. The van der Waals surface area contributed by atoms with Gasteiger partial charge >= 0.3 is 6.03 Å². The van der Waals surface area contributed by atoms with E-state index in [1.807, 2.05) is 78.9 Å². The molecule has 2 heterocycles. The van der Waals surface area contributed by atoms with Crippen molar-refractivity contribution in [2.45, 2.75) is 24.4 Å². The second-order valence-corrected chi connectivity index (χ2v) is 9.16. The first-order valence-electron chi connectivity index (χ1n) is 12.3. The average Bonchev–Trinajstić information content (AvgIpc) is 3.53. The van der Waals surface area contributed by atoms with E-state index in [1.165, 1.54) is 0 Å². The zero-order valence-electron chi connectivity index (χ0n) is 20.8. The maximum Gasteiger partial charge on any atom is 0.326 e. The van der Waals surface area contributed by atoms with E-state index in [-0.39, 0.29) is 18.5 Å². The standard InChI is InChI=1S/C29H29N3O5/c1-36-22-15-16-25(37-2)23(18-22)24-14-9-17-31(24)26(33)19-32-27(34)29(30-28(32)35,20-10-5-3-6-11-20)21-12-7-4-8-13-21/h3-8,10-13,15-16,18,24H,9,14,17,19H2,1-2H3,(H,30,35)/t24-/m1/s1. The number of nitrogens with zero attached hydrogens (tertiary/aromatic N) is 2. The Morgan fingerprint density at radius 1 is 0.946 bits per heavy atom. The summed E-state index contributed by atoms with van der Waals surface area (Å²) in [6.07, 6.45) is 1.54. The third-order valence-electron chi connectivity index (χ3n) is 7.18. The first-order chi connectivity index (χ1) is 18.0. The number of hydrogen-bond donors (Lipinski definition) is 1. The lowest BCUT2D eigenvalue weighted by atomic mass is 9.82. The molecule has 2 saturated heterocycles. The molecule has 0 spiro atoms. The van der Waals surface area contributed by atoms with Gasteiger partial charge in [-0.15, -0.1) is 0 Å². The summed E-state index contributed by atoms with van der Waals surface area (Å²) < 4.78 is 10.9. The maximum absolute atomic E-state index is 14.0. The van der Waals surface area contributed by atoms with Gasteiger partial charge in [0, 0.05) is 12.1 Å². The van der Waals surface area contributed by atoms with Crippen LogP contribution in [0.2, 0.25) is 0 Å². The molecule has 37 heavy (non-hydrogen) atoms. The Morgan fingerprint density at radius 3 is 2.19 bits per heavy atom. The van der Waals surface area contributed by atoms with E-state index in [1.54, 1.807) is 19.1 Å². The van der Waals surface area contributed by atoms with Crippen molar-refractivity contribution in [3.8, 4) is 11.5 Å². The number of likely N-dealkylation sites (tertiary alicyclic amines) is 1. The predicted molar refractivity (Wildman–Crippen MR) is 137 cm³/mol. The Balaban J connectivity index is 1.45. The van der Waals surface area contributed by atoms with Crippen LogP contribution in [0.4, 0.5) is 4.79 Å². The Labute approximate surface area is 215 Å². The van der Waals surface area contributed by atoms with Crippen LogP contribution in [0.3, 0.4) is 0 Å². The zero-order chi connectivity index (χ0) is 26.0. The van der Waals surface area contributed by atoms with Crippen molar-refractivity contribution in [1.82, 2.24) is 15.1 Å². The van der Waals surface area contributed by atoms with Gasteiger partial charge in [0.2, 0.25) is 5.91 Å². The summed E-state index contributed by atoms with van der Waals surface area (Å²) in [7, 11) is 3.18. The van der Waals surface area contributed by atoms with Crippen molar-refractivity contribution >= 4 is 17.8 Å². The normalized spacial score (nSPS) is 18.6. The van der Waals surface area contributed by atoms with Crippen molar-refractivity contribution < 1.29 is 23.9 Å². The Morgan fingerprint density at radius 2 is 1.59 bits per heavy atom. The molecule has 1 N–H and O–H groups in total. The highest BCUT2D eigenvalue weighted by molar-refractivity contribution is 6.11. The molecule has 3 aromatic carbocycles. The van der Waals surface area contributed by atoms with Crippen LogP contribution < -0.4 is 14.8 Å². The molecular formula is C29H29N3O5. The van der Waals surface area contributed by atoms with Crippen LogP contribution in [0.1, 0.15) is 35.6 Å². The lowest BCUT2D eigenvalue weighted by molar-refractivity contribution is -0.139. The minimum atomic E-state index is -1.40. The van der Waals surface area contributed by atoms with Gasteiger partial charge < -0.3 is 19.7 Å². The number of imide groups is 1. The molecule has 2 aliphatic heterocycles. The number of ether oxygens (including phenoxy) is 2. The first kappa shape index (κ1) is 24.4. The number of methoxy groups -OCH3 is 2. The topological polar surface area (TPSA) is 88.2 Å². The summed E-state index contributed by atoms with van der Waals surface area (Å²) in [5.41, 5.74) is 0.706. The number of benzene rings is 3. The molecule has 0 aliphatic carbocycles. The molecule has 0 bridgehead atoms. The second-order valence-electron chi connectivity index (χ2n) is 9.16. The minimum Gasteiger partial charge on any atom is -0.497 e. The molecule has 0 unspecified atom stereocenters. The molecule has 0 aromatic heterocycles. The molecule has 2 fully saturated rings. The van der Waals surface area contributed by atoms with Gasteiger partial charge in [0.25, 0.3) is 5.91 Å². The fraction of sp³-hybridized carbons (Fsp3) is 0.276. The summed E-state index contributed by atoms with van der Waals surface area (Å²) in [4.78, 5) is 43.5. The molecule has 0 radical (unpaired) electrons. The fourth-order valence-electron chi connectivity index (χ4n) is 5.37. The third-order valence-corrected chi connectivity index (χ3v) is 7.18. The van der Waals surface area contributed by atoms with E-state index in [2.05, 4.69) is 5.32 Å². The molecule has 8 nitrogen and oxygen atoms in total. The van der Waals surface area contributed by atoms with Gasteiger partial charge in [-0.3, -0.25) is 14.5 Å². The summed E-state index contributed by atoms with van der Waals surface area (Å²) in [6, 6.07) is 22.9. The van der Waals surface area contributed by atoms with Gasteiger partial charge in [-0.25, -0.2) is 4.79 Å². The van der Waals surface area contributed by atoms with Crippen molar-refractivity contribution in [2.24, 2.45) is 0 Å². The van der Waals surface area contributed by atoms with Gasteiger partial charge in [-0.05, 0) is 42.2 Å². The zero-order valence-corrected chi connectivity index (χ0v) is 20.8. The third kappa shape index (κ3) is 4.18. The summed E-state index contributed by atoms with van der Waals surface area (Å²) in [5.74, 6) is 0.554. The number of carbonyl (C=O) groups excluding carboxylic acids is 3. The van der Waals surface area contributed by atoms with Crippen molar-refractivity contribution in [2.75, 3.05) is 27.3 Å². The Hall–Kier alpha value is -4.33. The first-order valence-corrected chi connectivity index (χ1v) is 12.3. The molecule has 1 atom stereocenters. The van der Waals surface area contributed by atoms with Crippen molar-refractivity contribution in [3.63, 3.8) is 0 Å². The minimum absolute atomic E-state index is 0.244. The van der Waals surface area contributed by atoms with E-state index >= 15 is 0 Å². The highest BCUT2D eigenvalue weighted by Crippen LogP contribution is 2.40. The largest absolute Gasteiger partial charge is 0.497 e. The van der Waals surface area contributed by atoms with E-state index in [0.29, 0.717) is 29.2 Å². The van der Waals surface area contributed by atoms with Crippen LogP contribution in [0.15, 0.2) is 78.9 Å². The Kier molecular flexibility index (Phi) is 6.56. The number of carbonyl (C=O) groups is 3.